The maximum absolute atomic E-state index is 12.8. The molecule has 2 N–H and O–H groups in total. The van der Waals surface area contributed by atoms with E-state index in [1.807, 2.05) is 0 Å². The van der Waals surface area contributed by atoms with E-state index in [0.29, 0.717) is 5.92 Å². The standard InChI is InChI=1S/C17H30N2O2/c20-12-14-6-2-1-3-7-15(14)18-17(21)16(13-8-9-13)19-10-4-5-11-19/h13-16,20H,1-12H2,(H,18,21)/t14-,15+,16-/m0/s1. The molecule has 1 aliphatic heterocycles. The third-order valence-corrected chi connectivity index (χ3v) is 5.59. The van der Waals surface area contributed by atoms with Crippen LogP contribution < -0.4 is 5.32 Å². The average Bonchev–Trinajstić information content (AvgIpc) is 3.21. The molecule has 0 aromatic carbocycles. The van der Waals surface area contributed by atoms with Gasteiger partial charge in [-0.25, -0.2) is 0 Å². The summed E-state index contributed by atoms with van der Waals surface area (Å²) in [6.07, 6.45) is 10.6. The number of nitrogens with zero attached hydrogens (tertiary/aromatic N) is 1. The molecule has 0 spiro atoms. The van der Waals surface area contributed by atoms with Crippen LogP contribution in [0.3, 0.4) is 0 Å². The van der Waals surface area contributed by atoms with Crippen LogP contribution in [0.2, 0.25) is 0 Å². The van der Waals surface area contributed by atoms with E-state index in [-0.39, 0.29) is 30.5 Å². The highest BCUT2D eigenvalue weighted by atomic mass is 16.3. The summed E-state index contributed by atoms with van der Waals surface area (Å²) in [4.78, 5) is 15.2. The van der Waals surface area contributed by atoms with Crippen molar-refractivity contribution in [3.63, 3.8) is 0 Å². The summed E-state index contributed by atoms with van der Waals surface area (Å²) in [6, 6.07) is 0.295. The summed E-state index contributed by atoms with van der Waals surface area (Å²) in [5.41, 5.74) is 0. The lowest BCUT2D eigenvalue weighted by Gasteiger charge is -2.31. The molecule has 21 heavy (non-hydrogen) atoms. The Bertz CT molecular complexity index is 351. The van der Waals surface area contributed by atoms with Crippen molar-refractivity contribution in [2.75, 3.05) is 19.7 Å². The van der Waals surface area contributed by atoms with Gasteiger partial charge in [0.05, 0.1) is 6.04 Å². The van der Waals surface area contributed by atoms with E-state index in [0.717, 1.165) is 25.9 Å². The lowest BCUT2D eigenvalue weighted by atomic mass is 9.95. The second-order valence-corrected chi connectivity index (χ2v) is 7.22. The average molecular weight is 294 g/mol. The molecular weight excluding hydrogens is 264 g/mol. The first-order chi connectivity index (χ1) is 10.3. The Balaban J connectivity index is 1.62. The first-order valence-electron chi connectivity index (χ1n) is 8.95. The molecule has 1 amide bonds. The van der Waals surface area contributed by atoms with E-state index in [9.17, 15) is 9.90 Å². The molecule has 3 aliphatic rings. The number of hydrogen-bond acceptors (Lipinski definition) is 3. The van der Waals surface area contributed by atoms with E-state index in [2.05, 4.69) is 10.2 Å². The highest BCUT2D eigenvalue weighted by molar-refractivity contribution is 5.82. The van der Waals surface area contributed by atoms with Crippen molar-refractivity contribution >= 4 is 5.91 Å². The molecule has 3 rings (SSSR count). The van der Waals surface area contributed by atoms with E-state index in [1.165, 1.54) is 44.9 Å². The minimum atomic E-state index is 0.107. The molecule has 2 saturated carbocycles. The van der Waals surface area contributed by atoms with Gasteiger partial charge in [0, 0.05) is 18.6 Å². The second-order valence-electron chi connectivity index (χ2n) is 7.22. The van der Waals surface area contributed by atoms with Crippen LogP contribution in [0.4, 0.5) is 0 Å². The zero-order valence-corrected chi connectivity index (χ0v) is 13.1. The molecule has 0 aromatic heterocycles. The molecule has 120 valence electrons. The Kier molecular flexibility index (Phi) is 5.17. The highest BCUT2D eigenvalue weighted by Crippen LogP contribution is 2.37. The Hall–Kier alpha value is -0.610. The van der Waals surface area contributed by atoms with Crippen molar-refractivity contribution in [1.29, 1.82) is 0 Å². The summed E-state index contributed by atoms with van der Waals surface area (Å²) < 4.78 is 0. The first-order valence-corrected chi connectivity index (χ1v) is 8.95. The van der Waals surface area contributed by atoms with Crippen molar-refractivity contribution in [2.24, 2.45) is 11.8 Å². The zero-order chi connectivity index (χ0) is 14.7. The van der Waals surface area contributed by atoms with Gasteiger partial charge in [0.2, 0.25) is 5.91 Å². The molecule has 2 aliphatic carbocycles. The Morgan fingerprint density at radius 1 is 1.05 bits per heavy atom. The lowest BCUT2D eigenvalue weighted by Crippen LogP contribution is -2.52. The van der Waals surface area contributed by atoms with Gasteiger partial charge in [0.15, 0.2) is 0 Å². The molecule has 1 heterocycles. The summed E-state index contributed by atoms with van der Waals surface area (Å²) >= 11 is 0. The van der Waals surface area contributed by atoms with Gasteiger partial charge >= 0.3 is 0 Å². The van der Waals surface area contributed by atoms with Crippen molar-refractivity contribution in [2.45, 2.75) is 69.9 Å². The lowest BCUT2D eigenvalue weighted by molar-refractivity contribution is -0.128. The first kappa shape index (κ1) is 15.3. The summed E-state index contributed by atoms with van der Waals surface area (Å²) in [7, 11) is 0. The van der Waals surface area contributed by atoms with E-state index in [4.69, 9.17) is 0 Å². The van der Waals surface area contributed by atoms with Gasteiger partial charge in [-0.05, 0) is 57.5 Å². The van der Waals surface area contributed by atoms with Gasteiger partial charge in [-0.15, -0.1) is 0 Å². The summed E-state index contributed by atoms with van der Waals surface area (Å²) in [5, 5.41) is 12.9. The van der Waals surface area contributed by atoms with Gasteiger partial charge < -0.3 is 10.4 Å². The predicted octanol–water partition coefficient (Wildman–Crippen LogP) is 1.92. The number of carbonyl (C=O) groups excluding carboxylic acids is 1. The minimum Gasteiger partial charge on any atom is -0.396 e. The fourth-order valence-corrected chi connectivity index (χ4v) is 4.17. The molecule has 3 atom stereocenters. The molecule has 0 bridgehead atoms. The molecule has 4 nitrogen and oxygen atoms in total. The SMILES string of the molecule is O=C(N[C@@H]1CCCCC[C@H]1CO)[C@H](C1CC1)N1CCCC1. The predicted molar refractivity (Wildman–Crippen MR) is 82.9 cm³/mol. The van der Waals surface area contributed by atoms with Gasteiger partial charge in [0.25, 0.3) is 0 Å². The number of likely N-dealkylation sites (tertiary alicyclic amines) is 1. The maximum atomic E-state index is 12.8. The number of aliphatic hydroxyl groups excluding tert-OH is 1. The van der Waals surface area contributed by atoms with E-state index >= 15 is 0 Å². The molecule has 0 radical (unpaired) electrons. The molecule has 0 aromatic rings. The van der Waals surface area contributed by atoms with Crippen LogP contribution in [0.5, 0.6) is 0 Å². The van der Waals surface area contributed by atoms with Crippen LogP contribution in [0.1, 0.15) is 57.8 Å². The van der Waals surface area contributed by atoms with Gasteiger partial charge in [-0.1, -0.05) is 19.3 Å². The number of amides is 1. The largest absolute Gasteiger partial charge is 0.396 e. The fourth-order valence-electron chi connectivity index (χ4n) is 4.17. The van der Waals surface area contributed by atoms with Crippen molar-refractivity contribution < 1.29 is 9.90 Å². The topological polar surface area (TPSA) is 52.6 Å². The number of rotatable bonds is 5. The highest BCUT2D eigenvalue weighted by Gasteiger charge is 2.41. The van der Waals surface area contributed by atoms with Crippen molar-refractivity contribution in [3.8, 4) is 0 Å². The van der Waals surface area contributed by atoms with E-state index < -0.39 is 0 Å². The molecule has 1 saturated heterocycles. The van der Waals surface area contributed by atoms with Crippen LogP contribution >= 0.6 is 0 Å². The van der Waals surface area contributed by atoms with Crippen LogP contribution in [0, 0.1) is 11.8 Å². The van der Waals surface area contributed by atoms with Crippen LogP contribution in [-0.2, 0) is 4.79 Å². The second kappa shape index (κ2) is 7.10. The normalized spacial score (nSPS) is 32.6. The van der Waals surface area contributed by atoms with Gasteiger partial charge in [-0.3, -0.25) is 9.69 Å². The molecule has 4 heteroatoms. The number of aliphatic hydroxyl groups is 1. The third kappa shape index (κ3) is 3.78. The number of nitrogens with one attached hydrogen (secondary N) is 1. The quantitative estimate of drug-likeness (QED) is 0.762. The van der Waals surface area contributed by atoms with Gasteiger partial charge in [0.1, 0.15) is 0 Å². The van der Waals surface area contributed by atoms with Crippen LogP contribution in [-0.4, -0.2) is 47.7 Å². The fraction of sp³-hybridized carbons (Fsp3) is 0.941. The minimum absolute atomic E-state index is 0.107. The Labute approximate surface area is 128 Å². The van der Waals surface area contributed by atoms with Gasteiger partial charge in [-0.2, -0.15) is 0 Å². The Morgan fingerprint density at radius 3 is 2.43 bits per heavy atom. The van der Waals surface area contributed by atoms with E-state index in [1.54, 1.807) is 0 Å². The smallest absolute Gasteiger partial charge is 0.237 e. The van der Waals surface area contributed by atoms with Crippen LogP contribution in [0.25, 0.3) is 0 Å². The maximum Gasteiger partial charge on any atom is 0.237 e. The summed E-state index contributed by atoms with van der Waals surface area (Å²) in [5.74, 6) is 1.08. The molecular formula is C17H30N2O2. The van der Waals surface area contributed by atoms with Crippen LogP contribution in [0.15, 0.2) is 0 Å². The Morgan fingerprint density at radius 2 is 1.76 bits per heavy atom. The number of hydrogen-bond donors (Lipinski definition) is 2. The monoisotopic (exact) mass is 294 g/mol. The van der Waals surface area contributed by atoms with Crippen molar-refractivity contribution in [3.05, 3.63) is 0 Å². The molecule has 0 unspecified atom stereocenters. The molecule has 3 fully saturated rings. The van der Waals surface area contributed by atoms with Crippen molar-refractivity contribution in [1.82, 2.24) is 10.2 Å². The zero-order valence-electron chi connectivity index (χ0n) is 13.1. The summed E-state index contributed by atoms with van der Waals surface area (Å²) in [6.45, 7) is 2.38. The number of carbonyl (C=O) groups is 1. The third-order valence-electron chi connectivity index (χ3n) is 5.59.